The summed E-state index contributed by atoms with van der Waals surface area (Å²) in [6, 6.07) is 0. The first-order valence-electron chi connectivity index (χ1n) is 9.48. The number of ether oxygens (including phenoxy) is 1. The standard InChI is InChI=1S/C22H36O2/c1-3-4-5-6-7-8-9-10-11-12-13-14-15-16-17-18-19-20-21-22(23)24-2/h7-8,10-11,13-14,16-17H,3-6,9,12,15,18-21H2,1-2H3/b8-7-,11-10-,14-13-,17-16-. The maximum atomic E-state index is 10.9. The molecule has 0 heterocycles. The largest absolute Gasteiger partial charge is 0.469 e. The SMILES string of the molecule is CCCCC/C=C\C/C=C\C/C=C\C/C=C\CCCCC(=O)OC. The Morgan fingerprint density at radius 3 is 1.62 bits per heavy atom. The van der Waals surface area contributed by atoms with E-state index in [1.54, 1.807) is 0 Å². The molecule has 0 spiro atoms. The van der Waals surface area contributed by atoms with Crippen LogP contribution in [0.1, 0.15) is 77.6 Å². The summed E-state index contributed by atoms with van der Waals surface area (Å²) in [5, 5.41) is 0. The molecule has 0 rings (SSSR count). The molecule has 0 aromatic heterocycles. The number of carbonyl (C=O) groups is 1. The highest BCUT2D eigenvalue weighted by molar-refractivity contribution is 5.68. The highest BCUT2D eigenvalue weighted by Crippen LogP contribution is 2.03. The third-order valence-corrected chi connectivity index (χ3v) is 3.69. The van der Waals surface area contributed by atoms with Crippen molar-refractivity contribution in [3.05, 3.63) is 48.6 Å². The van der Waals surface area contributed by atoms with Gasteiger partial charge in [0.05, 0.1) is 7.11 Å². The Balaban J connectivity index is 3.40. The summed E-state index contributed by atoms with van der Waals surface area (Å²) in [5.74, 6) is -0.109. The number of methoxy groups -OCH3 is 1. The van der Waals surface area contributed by atoms with Crippen LogP contribution in [-0.4, -0.2) is 13.1 Å². The molecule has 0 bridgehead atoms. The lowest BCUT2D eigenvalue weighted by Gasteiger charge is -1.96. The lowest BCUT2D eigenvalue weighted by atomic mass is 10.2. The van der Waals surface area contributed by atoms with Gasteiger partial charge >= 0.3 is 5.97 Å². The number of allylic oxidation sites excluding steroid dienone is 8. The van der Waals surface area contributed by atoms with E-state index >= 15 is 0 Å². The topological polar surface area (TPSA) is 26.3 Å². The molecule has 0 unspecified atom stereocenters. The van der Waals surface area contributed by atoms with Gasteiger partial charge in [0.1, 0.15) is 0 Å². The lowest BCUT2D eigenvalue weighted by molar-refractivity contribution is -0.140. The molecular weight excluding hydrogens is 296 g/mol. The van der Waals surface area contributed by atoms with Gasteiger partial charge in [-0.25, -0.2) is 0 Å². The van der Waals surface area contributed by atoms with Gasteiger partial charge in [-0.2, -0.15) is 0 Å². The number of esters is 1. The average Bonchev–Trinajstić information content (AvgIpc) is 2.60. The van der Waals surface area contributed by atoms with Crippen molar-refractivity contribution in [2.24, 2.45) is 0 Å². The van der Waals surface area contributed by atoms with Crippen LogP contribution >= 0.6 is 0 Å². The number of hydrogen-bond acceptors (Lipinski definition) is 2. The first kappa shape index (κ1) is 22.4. The van der Waals surface area contributed by atoms with E-state index in [0.717, 1.165) is 38.5 Å². The van der Waals surface area contributed by atoms with Gasteiger partial charge in [0.15, 0.2) is 0 Å². The summed E-state index contributed by atoms with van der Waals surface area (Å²) >= 11 is 0. The Kier molecular flexibility index (Phi) is 18.2. The van der Waals surface area contributed by atoms with Crippen molar-refractivity contribution >= 4 is 5.97 Å². The van der Waals surface area contributed by atoms with Crippen LogP contribution in [-0.2, 0) is 9.53 Å². The molecule has 2 nitrogen and oxygen atoms in total. The maximum Gasteiger partial charge on any atom is 0.305 e. The quantitative estimate of drug-likeness (QED) is 0.189. The minimum atomic E-state index is -0.109. The minimum absolute atomic E-state index is 0.109. The molecule has 0 aromatic rings. The molecule has 0 N–H and O–H groups in total. The molecule has 0 amide bonds. The van der Waals surface area contributed by atoms with Gasteiger partial charge in [0, 0.05) is 6.42 Å². The van der Waals surface area contributed by atoms with Gasteiger partial charge in [0.2, 0.25) is 0 Å². The number of unbranched alkanes of at least 4 members (excludes halogenated alkanes) is 5. The van der Waals surface area contributed by atoms with Crippen LogP contribution in [0.15, 0.2) is 48.6 Å². The highest BCUT2D eigenvalue weighted by atomic mass is 16.5. The molecule has 0 radical (unpaired) electrons. The molecule has 0 saturated carbocycles. The van der Waals surface area contributed by atoms with E-state index in [4.69, 9.17) is 0 Å². The van der Waals surface area contributed by atoms with Crippen LogP contribution in [0.5, 0.6) is 0 Å². The second-order valence-electron chi connectivity index (χ2n) is 5.91. The zero-order valence-electron chi connectivity index (χ0n) is 15.7. The fourth-order valence-corrected chi connectivity index (χ4v) is 2.19. The second-order valence-corrected chi connectivity index (χ2v) is 5.91. The summed E-state index contributed by atoms with van der Waals surface area (Å²) in [6.45, 7) is 2.24. The normalized spacial score (nSPS) is 12.2. The number of rotatable bonds is 15. The maximum absolute atomic E-state index is 10.9. The van der Waals surface area contributed by atoms with E-state index in [0.29, 0.717) is 6.42 Å². The average molecular weight is 333 g/mol. The van der Waals surface area contributed by atoms with Crippen molar-refractivity contribution in [2.45, 2.75) is 77.6 Å². The van der Waals surface area contributed by atoms with E-state index in [9.17, 15) is 4.79 Å². The van der Waals surface area contributed by atoms with Crippen molar-refractivity contribution in [1.29, 1.82) is 0 Å². The van der Waals surface area contributed by atoms with E-state index in [2.05, 4.69) is 60.3 Å². The molecule has 0 fully saturated rings. The Labute approximate surface area is 149 Å². The van der Waals surface area contributed by atoms with E-state index in [1.807, 2.05) is 0 Å². The van der Waals surface area contributed by atoms with E-state index in [-0.39, 0.29) is 5.97 Å². The Morgan fingerprint density at radius 2 is 1.17 bits per heavy atom. The number of carbonyl (C=O) groups excluding carboxylic acids is 1. The van der Waals surface area contributed by atoms with Crippen molar-refractivity contribution in [2.75, 3.05) is 7.11 Å². The Morgan fingerprint density at radius 1 is 0.708 bits per heavy atom. The smallest absolute Gasteiger partial charge is 0.305 e. The van der Waals surface area contributed by atoms with Gasteiger partial charge < -0.3 is 4.74 Å². The molecule has 24 heavy (non-hydrogen) atoms. The first-order chi connectivity index (χ1) is 11.8. The monoisotopic (exact) mass is 332 g/mol. The van der Waals surface area contributed by atoms with Crippen LogP contribution in [0, 0.1) is 0 Å². The van der Waals surface area contributed by atoms with Crippen molar-refractivity contribution in [3.63, 3.8) is 0 Å². The summed E-state index contributed by atoms with van der Waals surface area (Å²) in [5.41, 5.74) is 0. The van der Waals surface area contributed by atoms with Gasteiger partial charge in [-0.1, -0.05) is 68.4 Å². The van der Waals surface area contributed by atoms with E-state index < -0.39 is 0 Å². The van der Waals surface area contributed by atoms with Crippen LogP contribution in [0.4, 0.5) is 0 Å². The van der Waals surface area contributed by atoms with Crippen molar-refractivity contribution < 1.29 is 9.53 Å². The van der Waals surface area contributed by atoms with Gasteiger partial charge in [-0.05, 0) is 51.4 Å². The molecule has 0 saturated heterocycles. The molecule has 136 valence electrons. The predicted octanol–water partition coefficient (Wildman–Crippen LogP) is 6.70. The van der Waals surface area contributed by atoms with Crippen LogP contribution < -0.4 is 0 Å². The van der Waals surface area contributed by atoms with Gasteiger partial charge in [-0.15, -0.1) is 0 Å². The molecule has 0 aliphatic carbocycles. The summed E-state index contributed by atoms with van der Waals surface area (Å²) in [7, 11) is 1.44. The van der Waals surface area contributed by atoms with Gasteiger partial charge in [0.25, 0.3) is 0 Å². The second kappa shape index (κ2) is 19.5. The van der Waals surface area contributed by atoms with Crippen molar-refractivity contribution in [1.82, 2.24) is 0 Å². The fraction of sp³-hybridized carbons (Fsp3) is 0.591. The predicted molar refractivity (Wildman–Crippen MR) is 105 cm³/mol. The molecule has 0 aromatic carbocycles. The van der Waals surface area contributed by atoms with Crippen LogP contribution in [0.2, 0.25) is 0 Å². The zero-order valence-corrected chi connectivity index (χ0v) is 15.7. The Hall–Kier alpha value is -1.57. The third-order valence-electron chi connectivity index (χ3n) is 3.69. The molecule has 2 heteroatoms. The molecule has 0 atom stereocenters. The third kappa shape index (κ3) is 18.5. The summed E-state index contributed by atoms with van der Waals surface area (Å²) in [4.78, 5) is 10.9. The minimum Gasteiger partial charge on any atom is -0.469 e. The van der Waals surface area contributed by atoms with Gasteiger partial charge in [-0.3, -0.25) is 4.79 Å². The van der Waals surface area contributed by atoms with Crippen molar-refractivity contribution in [3.8, 4) is 0 Å². The molecular formula is C22H36O2. The molecule has 0 aliphatic heterocycles. The fourth-order valence-electron chi connectivity index (χ4n) is 2.19. The Bertz CT molecular complexity index is 389. The highest BCUT2D eigenvalue weighted by Gasteiger charge is 1.97. The molecule has 0 aliphatic rings. The lowest BCUT2D eigenvalue weighted by Crippen LogP contribution is -1.98. The van der Waals surface area contributed by atoms with E-state index in [1.165, 1.54) is 32.8 Å². The van der Waals surface area contributed by atoms with Crippen LogP contribution in [0.25, 0.3) is 0 Å². The number of hydrogen-bond donors (Lipinski definition) is 0. The summed E-state index contributed by atoms with van der Waals surface area (Å²) in [6.07, 6.45) is 29.6. The zero-order chi connectivity index (χ0) is 17.7. The summed E-state index contributed by atoms with van der Waals surface area (Å²) < 4.78 is 4.61. The first-order valence-corrected chi connectivity index (χ1v) is 9.48. The van der Waals surface area contributed by atoms with Crippen LogP contribution in [0.3, 0.4) is 0 Å².